The van der Waals surface area contributed by atoms with Crippen molar-refractivity contribution in [2.45, 2.75) is 31.8 Å². The van der Waals surface area contributed by atoms with Gasteiger partial charge in [-0.2, -0.15) is 0 Å². The maximum atomic E-state index is 6.22. The summed E-state index contributed by atoms with van der Waals surface area (Å²) in [6, 6.07) is 20.7. The fourth-order valence-electron chi connectivity index (χ4n) is 2.38. The Balaban J connectivity index is 0.00000264. The molecule has 0 N–H and O–H groups in total. The molecule has 4 heteroatoms. The van der Waals surface area contributed by atoms with E-state index in [-0.39, 0.29) is 17.8 Å². The molecule has 0 saturated heterocycles. The Hall–Kier alpha value is -1.22. The zero-order chi connectivity index (χ0) is 15.8. The lowest BCUT2D eigenvalue weighted by atomic mass is 10.1. The second kappa shape index (κ2) is 10.5. The second-order valence-corrected chi connectivity index (χ2v) is 6.41. The van der Waals surface area contributed by atoms with E-state index >= 15 is 0 Å². The van der Waals surface area contributed by atoms with Crippen LogP contribution in [-0.2, 0) is 6.54 Å². The quantitative estimate of drug-likeness (QED) is 0.618. The number of para-hydroxylation sites is 1. The van der Waals surface area contributed by atoms with Gasteiger partial charge >= 0.3 is 0 Å². The van der Waals surface area contributed by atoms with Crippen LogP contribution in [0.2, 0.25) is 0 Å². The van der Waals surface area contributed by atoms with E-state index < -0.39 is 0 Å². The van der Waals surface area contributed by atoms with Crippen LogP contribution in [0.25, 0.3) is 0 Å². The van der Waals surface area contributed by atoms with Gasteiger partial charge in [-0.25, -0.2) is 0 Å². The van der Waals surface area contributed by atoms with Crippen LogP contribution in [0, 0.1) is 0 Å². The molecule has 2 unspecified atom stereocenters. The molecular weight excluding hydrogens is 329 g/mol. The monoisotopic (exact) mass is 353 g/mol. The number of hydrogen-bond donors (Lipinski definition) is 0. The van der Waals surface area contributed by atoms with E-state index in [1.54, 1.807) is 0 Å². The minimum absolute atomic E-state index is 0. The largest absolute Gasteiger partial charge is 0.492 e. The van der Waals surface area contributed by atoms with Crippen molar-refractivity contribution in [3.63, 3.8) is 0 Å². The number of nitrogens with zero attached hydrogens (tertiary/aromatic N) is 1. The minimum Gasteiger partial charge on any atom is -0.492 e. The molecule has 2 nitrogen and oxygen atoms in total. The molecule has 2 aromatic carbocycles. The van der Waals surface area contributed by atoms with Crippen molar-refractivity contribution in [2.75, 3.05) is 13.2 Å². The lowest BCUT2D eigenvalue weighted by Gasteiger charge is -2.30. The fraction of sp³-hybridized carbons (Fsp3) is 0.368. The third-order valence-corrected chi connectivity index (χ3v) is 3.71. The van der Waals surface area contributed by atoms with Crippen molar-refractivity contribution in [1.29, 1.82) is 0 Å². The van der Waals surface area contributed by atoms with E-state index in [1.807, 2.05) is 43.3 Å². The van der Waals surface area contributed by atoms with E-state index in [9.17, 15) is 0 Å². The van der Waals surface area contributed by atoms with Gasteiger partial charge in [-0.1, -0.05) is 48.5 Å². The summed E-state index contributed by atoms with van der Waals surface area (Å²) in [5.74, 6) is 0.910. The summed E-state index contributed by atoms with van der Waals surface area (Å²) in [7, 11) is 0. The molecule has 0 spiro atoms. The van der Waals surface area contributed by atoms with Crippen LogP contribution in [-0.4, -0.2) is 29.5 Å². The number of alkyl halides is 1. The molecule has 0 bridgehead atoms. The van der Waals surface area contributed by atoms with Crippen molar-refractivity contribution in [2.24, 2.45) is 0 Å². The molecule has 0 aliphatic heterocycles. The van der Waals surface area contributed by atoms with Gasteiger partial charge in [0.2, 0.25) is 0 Å². The standard InChI is InChI=1S/C19H24ClNO.ClH/c1-16(20)13-21(14-18-9-5-3-6-10-18)17(2)15-22-19-11-7-4-8-12-19;/h3-12,16-17H,13-15H2,1-2H3;1H. The molecule has 2 rings (SSSR count). The average molecular weight is 354 g/mol. The third-order valence-electron chi connectivity index (χ3n) is 3.57. The number of rotatable bonds is 8. The summed E-state index contributed by atoms with van der Waals surface area (Å²) in [6.07, 6.45) is 0. The van der Waals surface area contributed by atoms with Gasteiger partial charge in [-0.15, -0.1) is 24.0 Å². The van der Waals surface area contributed by atoms with E-state index in [0.29, 0.717) is 12.6 Å². The first-order valence-electron chi connectivity index (χ1n) is 7.75. The predicted octanol–water partition coefficient (Wildman–Crippen LogP) is 5.01. The van der Waals surface area contributed by atoms with E-state index in [2.05, 4.69) is 36.1 Å². The first kappa shape index (κ1) is 19.8. The van der Waals surface area contributed by atoms with Crippen molar-refractivity contribution >= 4 is 24.0 Å². The van der Waals surface area contributed by atoms with Gasteiger partial charge in [0.25, 0.3) is 0 Å². The van der Waals surface area contributed by atoms with Crippen LogP contribution >= 0.6 is 24.0 Å². The molecule has 0 saturated carbocycles. The number of hydrogen-bond acceptors (Lipinski definition) is 2. The van der Waals surface area contributed by atoms with Crippen molar-refractivity contribution in [1.82, 2.24) is 4.90 Å². The lowest BCUT2D eigenvalue weighted by Crippen LogP contribution is -2.39. The highest BCUT2D eigenvalue weighted by Crippen LogP contribution is 2.14. The second-order valence-electron chi connectivity index (χ2n) is 5.67. The Morgan fingerprint density at radius 1 is 0.957 bits per heavy atom. The van der Waals surface area contributed by atoms with Crippen LogP contribution in [0.4, 0.5) is 0 Å². The van der Waals surface area contributed by atoms with Crippen LogP contribution in [0.15, 0.2) is 60.7 Å². The van der Waals surface area contributed by atoms with Crippen LogP contribution in [0.3, 0.4) is 0 Å². The SMILES string of the molecule is CC(Cl)CN(Cc1ccccc1)C(C)COc1ccccc1.Cl. The fourth-order valence-corrected chi connectivity index (χ4v) is 2.56. The van der Waals surface area contributed by atoms with Gasteiger partial charge in [0.05, 0.1) is 0 Å². The van der Waals surface area contributed by atoms with Crippen LogP contribution in [0.1, 0.15) is 19.4 Å². The molecule has 0 heterocycles. The van der Waals surface area contributed by atoms with Crippen molar-refractivity contribution in [3.8, 4) is 5.75 Å². The summed E-state index contributed by atoms with van der Waals surface area (Å²) in [6.45, 7) is 6.60. The van der Waals surface area contributed by atoms with E-state index in [4.69, 9.17) is 16.3 Å². The molecule has 126 valence electrons. The molecule has 2 atom stereocenters. The number of ether oxygens (including phenoxy) is 1. The van der Waals surface area contributed by atoms with E-state index in [0.717, 1.165) is 18.8 Å². The molecule has 0 radical (unpaired) electrons. The molecule has 0 fully saturated rings. The Kier molecular flexibility index (Phi) is 9.08. The first-order chi connectivity index (χ1) is 10.6. The third kappa shape index (κ3) is 7.26. The van der Waals surface area contributed by atoms with Gasteiger partial charge in [-0.3, -0.25) is 4.90 Å². The Morgan fingerprint density at radius 3 is 2.09 bits per heavy atom. The van der Waals surface area contributed by atoms with Crippen molar-refractivity contribution in [3.05, 3.63) is 66.2 Å². The zero-order valence-electron chi connectivity index (χ0n) is 13.7. The van der Waals surface area contributed by atoms with Crippen molar-refractivity contribution < 1.29 is 4.74 Å². The van der Waals surface area contributed by atoms with Gasteiger partial charge in [0.1, 0.15) is 12.4 Å². The number of benzene rings is 2. The minimum atomic E-state index is 0. The summed E-state index contributed by atoms with van der Waals surface area (Å²) in [4.78, 5) is 2.37. The number of halogens is 2. The highest BCUT2D eigenvalue weighted by atomic mass is 35.5. The van der Waals surface area contributed by atoms with Gasteiger partial charge in [0, 0.05) is 24.5 Å². The zero-order valence-corrected chi connectivity index (χ0v) is 15.3. The molecule has 0 aliphatic carbocycles. The average Bonchev–Trinajstić information content (AvgIpc) is 2.53. The van der Waals surface area contributed by atoms with Gasteiger partial charge in [0.15, 0.2) is 0 Å². The van der Waals surface area contributed by atoms with Crippen LogP contribution in [0.5, 0.6) is 5.75 Å². The highest BCUT2D eigenvalue weighted by molar-refractivity contribution is 6.20. The normalized spacial score (nSPS) is 13.2. The Morgan fingerprint density at radius 2 is 1.52 bits per heavy atom. The van der Waals surface area contributed by atoms with Crippen LogP contribution < -0.4 is 4.74 Å². The van der Waals surface area contributed by atoms with Gasteiger partial charge in [-0.05, 0) is 31.5 Å². The maximum Gasteiger partial charge on any atom is 0.119 e. The molecule has 2 aromatic rings. The first-order valence-corrected chi connectivity index (χ1v) is 8.18. The summed E-state index contributed by atoms with van der Waals surface area (Å²) in [5, 5.41) is 0.114. The summed E-state index contributed by atoms with van der Waals surface area (Å²) < 4.78 is 5.88. The smallest absolute Gasteiger partial charge is 0.119 e. The lowest BCUT2D eigenvalue weighted by molar-refractivity contribution is 0.140. The molecule has 23 heavy (non-hydrogen) atoms. The Labute approximate surface area is 150 Å². The Bertz CT molecular complexity index is 534. The molecule has 0 amide bonds. The molecule has 0 aromatic heterocycles. The highest BCUT2D eigenvalue weighted by Gasteiger charge is 2.17. The van der Waals surface area contributed by atoms with E-state index in [1.165, 1.54) is 5.56 Å². The predicted molar refractivity (Wildman–Crippen MR) is 101 cm³/mol. The summed E-state index contributed by atoms with van der Waals surface area (Å²) in [5.41, 5.74) is 1.30. The molecule has 0 aliphatic rings. The molecular formula is C19H25Cl2NO. The summed E-state index contributed by atoms with van der Waals surface area (Å²) >= 11 is 6.22. The van der Waals surface area contributed by atoms with Gasteiger partial charge < -0.3 is 4.74 Å². The maximum absolute atomic E-state index is 6.22. The topological polar surface area (TPSA) is 12.5 Å².